The molecule has 0 radical (unpaired) electrons. The Bertz CT molecular complexity index is 275. The summed E-state index contributed by atoms with van der Waals surface area (Å²) in [6.45, 7) is 0. The molecule has 14 heavy (non-hydrogen) atoms. The van der Waals surface area contributed by atoms with Crippen molar-refractivity contribution in [2.24, 2.45) is 23.7 Å². The van der Waals surface area contributed by atoms with Crippen LogP contribution in [0, 0.1) is 23.7 Å². The number of hydrogen-bond donors (Lipinski definition) is 1. The van der Waals surface area contributed by atoms with Gasteiger partial charge in [-0.1, -0.05) is 0 Å². The zero-order valence-corrected chi connectivity index (χ0v) is 8.83. The van der Waals surface area contributed by atoms with Gasteiger partial charge in [0.05, 0.1) is 10.8 Å². The summed E-state index contributed by atoms with van der Waals surface area (Å²) in [7, 11) is 0. The average Bonchev–Trinajstić information content (AvgIpc) is 1.97. The van der Waals surface area contributed by atoms with E-state index in [-0.39, 0.29) is 10.8 Å². The summed E-state index contributed by atoms with van der Waals surface area (Å²) < 4.78 is 0. The van der Waals surface area contributed by atoms with Crippen LogP contribution in [-0.2, 0) is 4.79 Å². The molecule has 4 aliphatic carbocycles. The molecule has 4 fully saturated rings. The standard InChI is InChI=1S/C11H15ClO2/c12-11-4-6-1-7(5-11)3-8(2-6)9(11)10(13)14/h6-9H,1-5H2,(H,13,14). The van der Waals surface area contributed by atoms with Crippen LogP contribution >= 0.6 is 11.6 Å². The van der Waals surface area contributed by atoms with E-state index in [4.69, 9.17) is 11.6 Å². The quantitative estimate of drug-likeness (QED) is 0.681. The van der Waals surface area contributed by atoms with Crippen molar-refractivity contribution in [1.29, 1.82) is 0 Å². The fraction of sp³-hybridized carbons (Fsp3) is 0.909. The molecule has 0 spiro atoms. The first-order valence-electron chi connectivity index (χ1n) is 5.50. The number of carboxylic acid groups (broad SMARTS) is 1. The van der Waals surface area contributed by atoms with Gasteiger partial charge >= 0.3 is 5.97 Å². The fourth-order valence-electron chi connectivity index (χ4n) is 4.36. The van der Waals surface area contributed by atoms with E-state index < -0.39 is 5.97 Å². The normalized spacial score (nSPS) is 54.9. The molecule has 4 bridgehead atoms. The topological polar surface area (TPSA) is 37.3 Å². The van der Waals surface area contributed by atoms with E-state index in [1.807, 2.05) is 0 Å². The van der Waals surface area contributed by atoms with Crippen molar-refractivity contribution in [2.45, 2.75) is 37.0 Å². The molecule has 2 nitrogen and oxygen atoms in total. The third-order valence-electron chi connectivity index (χ3n) is 4.49. The van der Waals surface area contributed by atoms with Gasteiger partial charge in [-0.15, -0.1) is 11.6 Å². The van der Waals surface area contributed by atoms with Crippen LogP contribution in [0.15, 0.2) is 0 Å². The van der Waals surface area contributed by atoms with Crippen molar-refractivity contribution >= 4 is 17.6 Å². The Labute approximate surface area is 88.6 Å². The fourth-order valence-corrected chi connectivity index (χ4v) is 5.07. The lowest BCUT2D eigenvalue weighted by Gasteiger charge is -2.57. The molecule has 0 saturated heterocycles. The van der Waals surface area contributed by atoms with Crippen LogP contribution in [-0.4, -0.2) is 16.0 Å². The van der Waals surface area contributed by atoms with E-state index in [0.29, 0.717) is 5.92 Å². The smallest absolute Gasteiger partial charge is 0.308 e. The summed E-state index contributed by atoms with van der Waals surface area (Å²) in [5, 5.41) is 9.23. The highest BCUT2D eigenvalue weighted by atomic mass is 35.5. The molecule has 0 amide bonds. The summed E-state index contributed by atoms with van der Waals surface area (Å²) in [6.07, 6.45) is 5.41. The van der Waals surface area contributed by atoms with Gasteiger partial charge in [0.25, 0.3) is 0 Å². The first kappa shape index (κ1) is 9.02. The van der Waals surface area contributed by atoms with Crippen molar-refractivity contribution in [3.8, 4) is 0 Å². The van der Waals surface area contributed by atoms with Gasteiger partial charge in [-0.25, -0.2) is 0 Å². The minimum absolute atomic E-state index is 0.267. The van der Waals surface area contributed by atoms with Gasteiger partial charge in [-0.05, 0) is 49.9 Å². The van der Waals surface area contributed by atoms with Crippen LogP contribution in [0.1, 0.15) is 32.1 Å². The van der Waals surface area contributed by atoms with Crippen LogP contribution in [0.4, 0.5) is 0 Å². The highest BCUT2D eigenvalue weighted by Crippen LogP contribution is 2.61. The Morgan fingerprint density at radius 2 is 1.79 bits per heavy atom. The summed E-state index contributed by atoms with van der Waals surface area (Å²) in [4.78, 5) is 10.8. The van der Waals surface area contributed by atoms with Gasteiger partial charge < -0.3 is 5.11 Å². The Hall–Kier alpha value is -0.240. The van der Waals surface area contributed by atoms with Gasteiger partial charge in [-0.3, -0.25) is 4.79 Å². The lowest BCUT2D eigenvalue weighted by molar-refractivity contribution is -0.153. The van der Waals surface area contributed by atoms with E-state index in [0.717, 1.165) is 37.5 Å². The predicted molar refractivity (Wildman–Crippen MR) is 53.3 cm³/mol. The van der Waals surface area contributed by atoms with Crippen LogP contribution < -0.4 is 0 Å². The highest BCUT2D eigenvalue weighted by molar-refractivity contribution is 6.25. The molecular weight excluding hydrogens is 200 g/mol. The molecular formula is C11H15ClO2. The summed E-state index contributed by atoms with van der Waals surface area (Å²) in [5.41, 5.74) is 0. The zero-order chi connectivity index (χ0) is 9.92. The molecule has 0 aromatic heterocycles. The molecule has 4 rings (SSSR count). The van der Waals surface area contributed by atoms with Gasteiger partial charge in [-0.2, -0.15) is 0 Å². The van der Waals surface area contributed by atoms with Gasteiger partial charge in [0.15, 0.2) is 0 Å². The van der Waals surface area contributed by atoms with Gasteiger partial charge in [0.2, 0.25) is 0 Å². The van der Waals surface area contributed by atoms with E-state index >= 15 is 0 Å². The molecule has 0 aromatic rings. The highest BCUT2D eigenvalue weighted by Gasteiger charge is 2.58. The van der Waals surface area contributed by atoms with E-state index in [9.17, 15) is 9.90 Å². The number of aliphatic carboxylic acids is 1. The number of carboxylic acids is 1. The van der Waals surface area contributed by atoms with Crippen LogP contribution in [0.5, 0.6) is 0 Å². The number of rotatable bonds is 1. The third kappa shape index (κ3) is 1.06. The van der Waals surface area contributed by atoms with E-state index in [1.165, 1.54) is 6.42 Å². The first-order valence-corrected chi connectivity index (χ1v) is 5.88. The number of alkyl halides is 1. The molecule has 1 N–H and O–H groups in total. The third-order valence-corrected chi connectivity index (χ3v) is 5.03. The molecule has 4 saturated carbocycles. The minimum Gasteiger partial charge on any atom is -0.481 e. The Morgan fingerprint density at radius 3 is 2.21 bits per heavy atom. The van der Waals surface area contributed by atoms with Gasteiger partial charge in [0.1, 0.15) is 0 Å². The molecule has 78 valence electrons. The zero-order valence-electron chi connectivity index (χ0n) is 8.08. The molecule has 3 atom stereocenters. The van der Waals surface area contributed by atoms with E-state index in [1.54, 1.807) is 0 Å². The number of hydrogen-bond acceptors (Lipinski definition) is 1. The molecule has 3 unspecified atom stereocenters. The van der Waals surface area contributed by atoms with Crippen molar-refractivity contribution in [2.75, 3.05) is 0 Å². The predicted octanol–water partition coefficient (Wildman–Crippen LogP) is 2.50. The Morgan fingerprint density at radius 1 is 1.21 bits per heavy atom. The lowest BCUT2D eigenvalue weighted by atomic mass is 9.51. The maximum Gasteiger partial charge on any atom is 0.308 e. The second-order valence-electron chi connectivity index (χ2n) is 5.46. The Balaban J connectivity index is 1.97. The van der Waals surface area contributed by atoms with Crippen molar-refractivity contribution in [1.82, 2.24) is 0 Å². The monoisotopic (exact) mass is 214 g/mol. The lowest BCUT2D eigenvalue weighted by Crippen LogP contribution is -2.56. The minimum atomic E-state index is -0.663. The summed E-state index contributed by atoms with van der Waals surface area (Å²) >= 11 is 6.51. The molecule has 3 heteroatoms. The molecule has 4 aliphatic rings. The van der Waals surface area contributed by atoms with Crippen molar-refractivity contribution in [3.05, 3.63) is 0 Å². The van der Waals surface area contributed by atoms with Gasteiger partial charge in [0, 0.05) is 0 Å². The van der Waals surface area contributed by atoms with Crippen molar-refractivity contribution in [3.63, 3.8) is 0 Å². The van der Waals surface area contributed by atoms with Crippen LogP contribution in [0.3, 0.4) is 0 Å². The molecule has 0 aromatic carbocycles. The molecule has 0 heterocycles. The number of halogens is 1. The van der Waals surface area contributed by atoms with Crippen LogP contribution in [0.25, 0.3) is 0 Å². The summed E-state index contributed by atoms with van der Waals surface area (Å²) in [5.74, 6) is 0.887. The largest absolute Gasteiger partial charge is 0.481 e. The first-order chi connectivity index (χ1) is 6.58. The SMILES string of the molecule is O=C(O)C1C2CC3CC(C2)CC1(Cl)C3. The van der Waals surface area contributed by atoms with Crippen LogP contribution in [0.2, 0.25) is 0 Å². The maximum atomic E-state index is 11.2. The van der Waals surface area contributed by atoms with E-state index in [2.05, 4.69) is 0 Å². The molecule has 0 aliphatic heterocycles. The second kappa shape index (κ2) is 2.66. The second-order valence-corrected chi connectivity index (χ2v) is 6.21. The van der Waals surface area contributed by atoms with Crippen molar-refractivity contribution < 1.29 is 9.90 Å². The maximum absolute atomic E-state index is 11.2. The number of carbonyl (C=O) groups is 1. The average molecular weight is 215 g/mol. The summed E-state index contributed by atoms with van der Waals surface area (Å²) in [6, 6.07) is 0. The Kier molecular flexibility index (Phi) is 1.71.